The fraction of sp³-hybridized carbons (Fsp3) is 0.333. The van der Waals surface area contributed by atoms with Crippen LogP contribution in [-0.4, -0.2) is 54.3 Å². The molecule has 32 heavy (non-hydrogen) atoms. The van der Waals surface area contributed by atoms with Gasteiger partial charge in [-0.3, -0.25) is 0 Å². The number of hydrogen-bond donors (Lipinski definition) is 3. The number of nitrogens with one attached hydrogen (secondary N) is 2. The molecule has 2 aromatic carbocycles. The summed E-state index contributed by atoms with van der Waals surface area (Å²) in [5.74, 6) is 2.00. The van der Waals surface area contributed by atoms with Gasteiger partial charge >= 0.3 is 0 Å². The number of hydrogen-bond acceptors (Lipinski definition) is 5. The second kappa shape index (κ2) is 12.4. The summed E-state index contributed by atoms with van der Waals surface area (Å²) >= 11 is 0. The molecule has 8 nitrogen and oxygen atoms in total. The fourth-order valence-electron chi connectivity index (χ4n) is 3.16. The Bertz CT molecular complexity index is 972. The van der Waals surface area contributed by atoms with Crippen molar-refractivity contribution in [1.82, 2.24) is 20.4 Å². The number of aliphatic hydroxyl groups excluding tert-OH is 1. The van der Waals surface area contributed by atoms with E-state index in [1.165, 1.54) is 5.56 Å². The van der Waals surface area contributed by atoms with Crippen LogP contribution >= 0.6 is 0 Å². The van der Waals surface area contributed by atoms with E-state index in [1.54, 1.807) is 13.3 Å². The van der Waals surface area contributed by atoms with Crippen molar-refractivity contribution in [2.75, 3.05) is 33.4 Å². The highest BCUT2D eigenvalue weighted by Gasteiger charge is 2.06. The Morgan fingerprint density at radius 3 is 2.59 bits per heavy atom. The van der Waals surface area contributed by atoms with Gasteiger partial charge in [0.2, 0.25) is 0 Å². The van der Waals surface area contributed by atoms with Crippen LogP contribution in [0.15, 0.2) is 65.9 Å². The Hall–Kier alpha value is -3.52. The van der Waals surface area contributed by atoms with Crippen molar-refractivity contribution in [2.45, 2.75) is 19.9 Å². The number of rotatable bonds is 11. The van der Waals surface area contributed by atoms with Crippen LogP contribution in [0, 0.1) is 0 Å². The normalized spacial score (nSPS) is 11.3. The molecule has 0 fully saturated rings. The Morgan fingerprint density at radius 1 is 1.09 bits per heavy atom. The van der Waals surface area contributed by atoms with E-state index >= 15 is 0 Å². The summed E-state index contributed by atoms with van der Waals surface area (Å²) in [6.45, 7) is 4.29. The first kappa shape index (κ1) is 23.1. The van der Waals surface area contributed by atoms with E-state index in [0.717, 1.165) is 36.7 Å². The Morgan fingerprint density at radius 2 is 1.91 bits per heavy atom. The second-order valence-corrected chi connectivity index (χ2v) is 7.05. The van der Waals surface area contributed by atoms with Crippen LogP contribution < -0.4 is 20.1 Å². The average molecular weight is 438 g/mol. The number of methoxy groups -OCH3 is 1. The molecular weight excluding hydrogens is 406 g/mol. The molecule has 0 spiro atoms. The third-order valence-corrected chi connectivity index (χ3v) is 4.75. The van der Waals surface area contributed by atoms with Gasteiger partial charge in [-0.05, 0) is 54.8 Å². The molecule has 0 aliphatic rings. The molecule has 0 radical (unpaired) electrons. The SMILES string of the molecule is CCNC(=NCc1ccc(OCCO)c(OC)c1)NCCc1ccc(-n2cccn2)cc1. The molecule has 0 saturated carbocycles. The molecule has 1 aromatic heterocycles. The first-order chi connectivity index (χ1) is 15.7. The Kier molecular flexibility index (Phi) is 8.94. The molecular formula is C24H31N5O3. The molecule has 0 atom stereocenters. The summed E-state index contributed by atoms with van der Waals surface area (Å²) < 4.78 is 12.7. The quantitative estimate of drug-likeness (QED) is 0.315. The second-order valence-electron chi connectivity index (χ2n) is 7.05. The van der Waals surface area contributed by atoms with E-state index in [1.807, 2.05) is 42.1 Å². The minimum Gasteiger partial charge on any atom is -0.493 e. The summed E-state index contributed by atoms with van der Waals surface area (Å²) in [6.07, 6.45) is 4.59. The number of aliphatic hydroxyl groups is 1. The number of benzene rings is 2. The number of aromatic nitrogens is 2. The minimum atomic E-state index is -0.0403. The lowest BCUT2D eigenvalue weighted by atomic mass is 10.1. The topological polar surface area (TPSA) is 92.9 Å². The van der Waals surface area contributed by atoms with Crippen molar-refractivity contribution in [3.05, 3.63) is 72.1 Å². The van der Waals surface area contributed by atoms with Gasteiger partial charge in [0, 0.05) is 25.5 Å². The maximum Gasteiger partial charge on any atom is 0.191 e. The van der Waals surface area contributed by atoms with Gasteiger partial charge in [-0.1, -0.05) is 18.2 Å². The summed E-state index contributed by atoms with van der Waals surface area (Å²) in [5.41, 5.74) is 3.29. The van der Waals surface area contributed by atoms with E-state index in [-0.39, 0.29) is 13.2 Å². The molecule has 3 aromatic rings. The van der Waals surface area contributed by atoms with Gasteiger partial charge in [-0.15, -0.1) is 0 Å². The number of guanidine groups is 1. The molecule has 0 unspecified atom stereocenters. The smallest absolute Gasteiger partial charge is 0.191 e. The maximum absolute atomic E-state index is 8.94. The zero-order chi connectivity index (χ0) is 22.6. The van der Waals surface area contributed by atoms with Crippen LogP contribution in [0.25, 0.3) is 5.69 Å². The summed E-state index contributed by atoms with van der Waals surface area (Å²) in [6, 6.07) is 16.0. The predicted octanol–water partition coefficient (Wildman–Crippen LogP) is 2.55. The first-order valence-electron chi connectivity index (χ1n) is 10.7. The minimum absolute atomic E-state index is 0.0403. The third-order valence-electron chi connectivity index (χ3n) is 4.75. The van der Waals surface area contributed by atoms with Crippen molar-refractivity contribution in [3.63, 3.8) is 0 Å². The maximum atomic E-state index is 8.94. The van der Waals surface area contributed by atoms with E-state index in [4.69, 9.17) is 14.6 Å². The van der Waals surface area contributed by atoms with Gasteiger partial charge in [0.05, 0.1) is 25.9 Å². The van der Waals surface area contributed by atoms with E-state index < -0.39 is 0 Å². The molecule has 0 amide bonds. The molecule has 0 saturated heterocycles. The van der Waals surface area contributed by atoms with Gasteiger partial charge in [0.1, 0.15) is 6.61 Å². The lowest BCUT2D eigenvalue weighted by Gasteiger charge is -2.13. The zero-order valence-corrected chi connectivity index (χ0v) is 18.6. The van der Waals surface area contributed by atoms with Crippen LogP contribution in [0.1, 0.15) is 18.1 Å². The van der Waals surface area contributed by atoms with Gasteiger partial charge < -0.3 is 25.2 Å². The Balaban J connectivity index is 1.54. The van der Waals surface area contributed by atoms with Crippen LogP contribution in [0.5, 0.6) is 11.5 Å². The highest BCUT2D eigenvalue weighted by Crippen LogP contribution is 2.28. The first-order valence-corrected chi connectivity index (χ1v) is 10.7. The van der Waals surface area contributed by atoms with Crippen LogP contribution in [0.4, 0.5) is 0 Å². The summed E-state index contributed by atoms with van der Waals surface area (Å²) in [5, 5.41) is 19.9. The molecule has 3 N–H and O–H groups in total. The molecule has 0 aliphatic heterocycles. The number of nitrogens with zero attached hydrogens (tertiary/aromatic N) is 3. The molecule has 0 aliphatic carbocycles. The van der Waals surface area contributed by atoms with Gasteiger partial charge in [-0.2, -0.15) is 5.10 Å². The van der Waals surface area contributed by atoms with Crippen LogP contribution in [-0.2, 0) is 13.0 Å². The van der Waals surface area contributed by atoms with Crippen LogP contribution in [0.2, 0.25) is 0 Å². The van der Waals surface area contributed by atoms with Crippen LogP contribution in [0.3, 0.4) is 0 Å². The monoisotopic (exact) mass is 437 g/mol. The van der Waals surface area contributed by atoms with Gasteiger partial charge in [0.15, 0.2) is 17.5 Å². The number of ether oxygens (including phenoxy) is 2. The number of aliphatic imine (C=N–C) groups is 1. The molecule has 8 heteroatoms. The summed E-state index contributed by atoms with van der Waals surface area (Å²) in [7, 11) is 1.60. The highest BCUT2D eigenvalue weighted by atomic mass is 16.5. The van der Waals surface area contributed by atoms with Crippen molar-refractivity contribution in [3.8, 4) is 17.2 Å². The lowest BCUT2D eigenvalue weighted by molar-refractivity contribution is 0.196. The molecule has 0 bridgehead atoms. The van der Waals surface area contributed by atoms with E-state index in [0.29, 0.717) is 18.0 Å². The largest absolute Gasteiger partial charge is 0.493 e. The fourth-order valence-corrected chi connectivity index (χ4v) is 3.16. The molecule has 1 heterocycles. The Labute approximate surface area is 188 Å². The highest BCUT2D eigenvalue weighted by molar-refractivity contribution is 5.79. The van der Waals surface area contributed by atoms with Gasteiger partial charge in [0.25, 0.3) is 0 Å². The standard InChI is InChI=1S/C24H31N5O3/c1-3-25-24(27-18-20-7-10-22(32-16-15-30)23(17-20)31-2)26-13-11-19-5-8-21(9-6-19)29-14-4-12-28-29/h4-10,12,14,17,30H,3,11,13,15-16,18H2,1-2H3,(H2,25,26,27). The van der Waals surface area contributed by atoms with E-state index in [9.17, 15) is 0 Å². The van der Waals surface area contributed by atoms with E-state index in [2.05, 4.69) is 45.0 Å². The van der Waals surface area contributed by atoms with Crippen molar-refractivity contribution >= 4 is 5.96 Å². The lowest BCUT2D eigenvalue weighted by Crippen LogP contribution is -2.38. The zero-order valence-electron chi connectivity index (χ0n) is 18.6. The average Bonchev–Trinajstić information content (AvgIpc) is 3.37. The predicted molar refractivity (Wildman–Crippen MR) is 126 cm³/mol. The van der Waals surface area contributed by atoms with Crippen molar-refractivity contribution < 1.29 is 14.6 Å². The summed E-state index contributed by atoms with van der Waals surface area (Å²) in [4.78, 5) is 4.68. The molecule has 170 valence electrons. The van der Waals surface area contributed by atoms with Crippen molar-refractivity contribution in [1.29, 1.82) is 0 Å². The van der Waals surface area contributed by atoms with Gasteiger partial charge in [-0.25, -0.2) is 9.67 Å². The molecule has 3 rings (SSSR count). The van der Waals surface area contributed by atoms with Crippen molar-refractivity contribution in [2.24, 2.45) is 4.99 Å². The third kappa shape index (κ3) is 6.75.